The maximum Gasteiger partial charge on any atom is 0.0491 e. The Kier molecular flexibility index (Phi) is 3.13. The molecule has 0 bridgehead atoms. The molecule has 0 unspecified atom stereocenters. The number of nitrogens with one attached hydrogen (secondary N) is 1. The van der Waals surface area contributed by atoms with Gasteiger partial charge in [-0.15, -0.1) is 0 Å². The Bertz CT molecular complexity index is 706. The molecular weight excluding hydrogens is 242 g/mol. The lowest BCUT2D eigenvalue weighted by Gasteiger charge is -2.05. The van der Waals surface area contributed by atoms with Crippen LogP contribution in [0, 0.1) is 13.8 Å². The average molecular weight is 263 g/mol. The molecule has 0 saturated heterocycles. The Morgan fingerprint density at radius 2 is 1.50 bits per heavy atom. The topological polar surface area (TPSA) is 15.8 Å². The molecule has 0 amide bonds. The van der Waals surface area contributed by atoms with Crippen LogP contribution < -0.4 is 0 Å². The molecule has 102 valence electrons. The van der Waals surface area contributed by atoms with E-state index >= 15 is 0 Å². The van der Waals surface area contributed by atoms with E-state index < -0.39 is 0 Å². The molecule has 0 saturated carbocycles. The van der Waals surface area contributed by atoms with E-state index in [1.165, 1.54) is 38.9 Å². The summed E-state index contributed by atoms with van der Waals surface area (Å²) in [7, 11) is 0. The van der Waals surface area contributed by atoms with E-state index in [9.17, 15) is 0 Å². The molecule has 1 heterocycles. The second-order valence-electron chi connectivity index (χ2n) is 5.95. The monoisotopic (exact) mass is 263 g/mol. The summed E-state index contributed by atoms with van der Waals surface area (Å²) in [4.78, 5) is 3.57. The molecule has 1 N–H and O–H groups in total. The van der Waals surface area contributed by atoms with E-state index in [4.69, 9.17) is 0 Å². The van der Waals surface area contributed by atoms with Crippen molar-refractivity contribution in [3.8, 4) is 11.3 Å². The Morgan fingerprint density at radius 3 is 2.10 bits per heavy atom. The number of aromatic nitrogens is 1. The molecule has 3 aromatic rings. The molecule has 20 heavy (non-hydrogen) atoms. The van der Waals surface area contributed by atoms with Crippen molar-refractivity contribution in [1.82, 2.24) is 4.98 Å². The van der Waals surface area contributed by atoms with Gasteiger partial charge in [-0.3, -0.25) is 0 Å². The largest absolute Gasteiger partial charge is 0.354 e. The number of hydrogen-bond donors (Lipinski definition) is 1. The normalized spacial score (nSPS) is 11.4. The van der Waals surface area contributed by atoms with E-state index in [0.717, 1.165) is 0 Å². The number of aromatic amines is 1. The predicted molar refractivity (Wildman–Crippen MR) is 87.3 cm³/mol. The zero-order valence-corrected chi connectivity index (χ0v) is 12.6. The molecule has 3 rings (SSSR count). The first kappa shape index (κ1) is 13.0. The van der Waals surface area contributed by atoms with Crippen molar-refractivity contribution < 1.29 is 0 Å². The third-order valence-corrected chi connectivity index (χ3v) is 4.11. The maximum atomic E-state index is 3.57. The van der Waals surface area contributed by atoms with Gasteiger partial charge in [0, 0.05) is 16.6 Å². The summed E-state index contributed by atoms with van der Waals surface area (Å²) < 4.78 is 0. The van der Waals surface area contributed by atoms with Gasteiger partial charge in [-0.1, -0.05) is 50.2 Å². The summed E-state index contributed by atoms with van der Waals surface area (Å²) in [5.41, 5.74) is 7.73. The Balaban J connectivity index is 2.10. The molecule has 1 nitrogen and oxygen atoms in total. The zero-order valence-electron chi connectivity index (χ0n) is 12.6. The number of rotatable bonds is 2. The lowest BCUT2D eigenvalue weighted by molar-refractivity contribution is 0.867. The lowest BCUT2D eigenvalue weighted by Crippen LogP contribution is -1.86. The van der Waals surface area contributed by atoms with Crippen LogP contribution in [0.3, 0.4) is 0 Å². The van der Waals surface area contributed by atoms with Gasteiger partial charge in [0.1, 0.15) is 0 Å². The average Bonchev–Trinajstić information content (AvgIpc) is 2.89. The number of H-pyrrole nitrogens is 1. The first-order valence-corrected chi connectivity index (χ1v) is 7.25. The molecule has 0 fully saturated rings. The van der Waals surface area contributed by atoms with E-state index in [-0.39, 0.29) is 0 Å². The fourth-order valence-corrected chi connectivity index (χ4v) is 2.70. The van der Waals surface area contributed by atoms with Crippen LogP contribution in [-0.4, -0.2) is 4.98 Å². The van der Waals surface area contributed by atoms with Crippen LogP contribution in [0.25, 0.3) is 22.2 Å². The second-order valence-corrected chi connectivity index (χ2v) is 5.95. The highest BCUT2D eigenvalue weighted by molar-refractivity contribution is 5.90. The summed E-state index contributed by atoms with van der Waals surface area (Å²) in [6.07, 6.45) is 0. The molecule has 2 aromatic carbocycles. The van der Waals surface area contributed by atoms with Crippen LogP contribution >= 0.6 is 0 Å². The second kappa shape index (κ2) is 4.82. The smallest absolute Gasteiger partial charge is 0.0491 e. The standard InChI is InChI=1S/C19H21N/c1-12(2)15-7-9-16(10-8-15)18-11-17-13(3)5-6-14(4)19(17)20-18/h5-12,20H,1-4H3. The van der Waals surface area contributed by atoms with Crippen LogP contribution in [0.15, 0.2) is 42.5 Å². The maximum absolute atomic E-state index is 3.57. The highest BCUT2D eigenvalue weighted by atomic mass is 14.7. The van der Waals surface area contributed by atoms with Crippen LogP contribution in [0.4, 0.5) is 0 Å². The Morgan fingerprint density at radius 1 is 0.850 bits per heavy atom. The summed E-state index contributed by atoms with van der Waals surface area (Å²) in [6.45, 7) is 8.78. The van der Waals surface area contributed by atoms with E-state index in [0.29, 0.717) is 5.92 Å². The van der Waals surface area contributed by atoms with Gasteiger partial charge >= 0.3 is 0 Å². The number of fused-ring (bicyclic) bond motifs is 1. The number of aryl methyl sites for hydroxylation is 2. The van der Waals surface area contributed by atoms with E-state index in [2.05, 4.69) is 75.1 Å². The molecular formula is C19H21N. The molecule has 0 aliphatic carbocycles. The number of benzene rings is 2. The van der Waals surface area contributed by atoms with Gasteiger partial charge in [0.2, 0.25) is 0 Å². The summed E-state index contributed by atoms with van der Waals surface area (Å²) in [5, 5.41) is 1.33. The van der Waals surface area contributed by atoms with Gasteiger partial charge in [0.15, 0.2) is 0 Å². The van der Waals surface area contributed by atoms with E-state index in [1.807, 2.05) is 0 Å². The molecule has 0 aliphatic heterocycles. The van der Waals surface area contributed by atoms with Crippen molar-refractivity contribution in [3.05, 3.63) is 59.2 Å². The van der Waals surface area contributed by atoms with Gasteiger partial charge in [0.25, 0.3) is 0 Å². The minimum atomic E-state index is 0.580. The first-order valence-electron chi connectivity index (χ1n) is 7.25. The molecule has 0 aliphatic rings. The Hall–Kier alpha value is -2.02. The molecule has 1 aromatic heterocycles. The quantitative estimate of drug-likeness (QED) is 0.621. The summed E-state index contributed by atoms with van der Waals surface area (Å²) in [5.74, 6) is 0.580. The van der Waals surface area contributed by atoms with Crippen molar-refractivity contribution in [1.29, 1.82) is 0 Å². The van der Waals surface area contributed by atoms with Crippen molar-refractivity contribution in [2.24, 2.45) is 0 Å². The third kappa shape index (κ3) is 2.14. The molecule has 0 atom stereocenters. The van der Waals surface area contributed by atoms with Gasteiger partial charge in [0.05, 0.1) is 0 Å². The highest BCUT2D eigenvalue weighted by Gasteiger charge is 2.07. The molecule has 0 radical (unpaired) electrons. The summed E-state index contributed by atoms with van der Waals surface area (Å²) >= 11 is 0. The zero-order chi connectivity index (χ0) is 14.3. The van der Waals surface area contributed by atoms with Crippen LogP contribution in [0.5, 0.6) is 0 Å². The van der Waals surface area contributed by atoms with Gasteiger partial charge in [-0.05, 0) is 48.1 Å². The SMILES string of the molecule is Cc1ccc(C)c2[nH]c(-c3ccc(C(C)C)cc3)cc12. The minimum Gasteiger partial charge on any atom is -0.354 e. The first-order chi connectivity index (χ1) is 9.56. The predicted octanol–water partition coefficient (Wildman–Crippen LogP) is 5.58. The van der Waals surface area contributed by atoms with Crippen molar-refractivity contribution >= 4 is 10.9 Å². The fourth-order valence-electron chi connectivity index (χ4n) is 2.70. The van der Waals surface area contributed by atoms with Crippen molar-refractivity contribution in [2.75, 3.05) is 0 Å². The minimum absolute atomic E-state index is 0.580. The van der Waals surface area contributed by atoms with Crippen molar-refractivity contribution in [3.63, 3.8) is 0 Å². The van der Waals surface area contributed by atoms with Crippen LogP contribution in [-0.2, 0) is 0 Å². The lowest BCUT2D eigenvalue weighted by atomic mass is 10.0. The fraction of sp³-hybridized carbons (Fsp3) is 0.263. The van der Waals surface area contributed by atoms with Gasteiger partial charge in [-0.2, -0.15) is 0 Å². The third-order valence-electron chi connectivity index (χ3n) is 4.11. The molecule has 1 heteroatoms. The highest BCUT2D eigenvalue weighted by Crippen LogP contribution is 2.29. The Labute approximate surface area is 120 Å². The number of hydrogen-bond acceptors (Lipinski definition) is 0. The molecule has 0 spiro atoms. The van der Waals surface area contributed by atoms with Crippen LogP contribution in [0.1, 0.15) is 36.5 Å². The van der Waals surface area contributed by atoms with Crippen molar-refractivity contribution in [2.45, 2.75) is 33.6 Å². The summed E-state index contributed by atoms with van der Waals surface area (Å²) in [6, 6.07) is 15.5. The van der Waals surface area contributed by atoms with Gasteiger partial charge < -0.3 is 4.98 Å². The van der Waals surface area contributed by atoms with Crippen LogP contribution in [0.2, 0.25) is 0 Å². The van der Waals surface area contributed by atoms with E-state index in [1.54, 1.807) is 0 Å². The van der Waals surface area contributed by atoms with Gasteiger partial charge in [-0.25, -0.2) is 0 Å².